The Bertz CT molecular complexity index is 475. The van der Waals surface area contributed by atoms with Gasteiger partial charge in [-0.15, -0.1) is 0 Å². The Labute approximate surface area is 121 Å². The quantitative estimate of drug-likeness (QED) is 0.892. The SMILES string of the molecule is NC(c1cccc(Br)c1F)C1CCOC2(CCC2)C1. The van der Waals surface area contributed by atoms with Crippen LogP contribution in [0.15, 0.2) is 22.7 Å². The van der Waals surface area contributed by atoms with Crippen molar-refractivity contribution in [2.24, 2.45) is 11.7 Å². The Hall–Kier alpha value is -0.450. The second-order valence-electron chi connectivity index (χ2n) is 5.81. The first-order valence-electron chi connectivity index (χ1n) is 6.95. The van der Waals surface area contributed by atoms with Crippen LogP contribution in [0.2, 0.25) is 0 Å². The van der Waals surface area contributed by atoms with Gasteiger partial charge in [-0.25, -0.2) is 4.39 Å². The van der Waals surface area contributed by atoms with Crippen LogP contribution in [0.25, 0.3) is 0 Å². The maximum atomic E-state index is 14.1. The molecule has 1 aliphatic carbocycles. The first-order valence-corrected chi connectivity index (χ1v) is 7.74. The van der Waals surface area contributed by atoms with Crippen LogP contribution in [0.4, 0.5) is 4.39 Å². The number of hydrogen-bond donors (Lipinski definition) is 1. The minimum absolute atomic E-state index is 0.0586. The van der Waals surface area contributed by atoms with Crippen molar-refractivity contribution < 1.29 is 9.13 Å². The molecule has 0 radical (unpaired) electrons. The predicted molar refractivity (Wildman–Crippen MR) is 76.3 cm³/mol. The highest BCUT2D eigenvalue weighted by Crippen LogP contribution is 2.47. The summed E-state index contributed by atoms with van der Waals surface area (Å²) in [6.07, 6.45) is 5.41. The Balaban J connectivity index is 1.79. The maximum absolute atomic E-state index is 14.1. The second kappa shape index (κ2) is 5.15. The number of benzene rings is 1. The van der Waals surface area contributed by atoms with Crippen LogP contribution in [0.5, 0.6) is 0 Å². The van der Waals surface area contributed by atoms with Gasteiger partial charge >= 0.3 is 0 Å². The first kappa shape index (κ1) is 13.5. The summed E-state index contributed by atoms with van der Waals surface area (Å²) in [5.74, 6) is 0.0991. The molecule has 0 bridgehead atoms. The number of halogens is 2. The molecule has 0 aromatic heterocycles. The van der Waals surface area contributed by atoms with Gasteiger partial charge in [0.05, 0.1) is 10.1 Å². The highest BCUT2D eigenvalue weighted by atomic mass is 79.9. The lowest BCUT2D eigenvalue weighted by Crippen LogP contribution is -2.47. The molecule has 3 rings (SSSR count). The van der Waals surface area contributed by atoms with Gasteiger partial charge in [-0.05, 0) is 60.0 Å². The van der Waals surface area contributed by atoms with E-state index in [-0.39, 0.29) is 17.5 Å². The van der Waals surface area contributed by atoms with E-state index in [2.05, 4.69) is 15.9 Å². The lowest BCUT2D eigenvalue weighted by Gasteiger charge is -2.48. The molecule has 19 heavy (non-hydrogen) atoms. The predicted octanol–water partition coefficient (Wildman–Crippen LogP) is 3.94. The molecule has 1 heterocycles. The van der Waals surface area contributed by atoms with Crippen molar-refractivity contribution in [1.29, 1.82) is 0 Å². The van der Waals surface area contributed by atoms with Crippen molar-refractivity contribution in [1.82, 2.24) is 0 Å². The third kappa shape index (κ3) is 2.46. The first-order chi connectivity index (χ1) is 9.11. The summed E-state index contributed by atoms with van der Waals surface area (Å²) in [7, 11) is 0. The van der Waals surface area contributed by atoms with E-state index in [1.807, 2.05) is 6.07 Å². The highest BCUT2D eigenvalue weighted by Gasteiger charge is 2.44. The standard InChI is InChI=1S/C15H19BrFNO/c16-12-4-1-3-11(13(12)17)14(18)10-5-8-19-15(9-10)6-2-7-15/h1,3-4,10,14H,2,5-9,18H2. The maximum Gasteiger partial charge on any atom is 0.142 e. The van der Waals surface area contributed by atoms with E-state index in [0.717, 1.165) is 32.3 Å². The van der Waals surface area contributed by atoms with Gasteiger partial charge < -0.3 is 10.5 Å². The lowest BCUT2D eigenvalue weighted by molar-refractivity contribution is -0.146. The van der Waals surface area contributed by atoms with Crippen molar-refractivity contribution in [3.05, 3.63) is 34.1 Å². The van der Waals surface area contributed by atoms with Crippen molar-refractivity contribution in [2.75, 3.05) is 6.61 Å². The molecular formula is C15H19BrFNO. The highest BCUT2D eigenvalue weighted by molar-refractivity contribution is 9.10. The average molecular weight is 328 g/mol. The van der Waals surface area contributed by atoms with Gasteiger partial charge in [0.2, 0.25) is 0 Å². The van der Waals surface area contributed by atoms with E-state index in [4.69, 9.17) is 10.5 Å². The van der Waals surface area contributed by atoms with E-state index in [1.54, 1.807) is 12.1 Å². The topological polar surface area (TPSA) is 35.2 Å². The molecular weight excluding hydrogens is 309 g/mol. The normalized spacial score (nSPS) is 27.0. The van der Waals surface area contributed by atoms with E-state index < -0.39 is 0 Å². The van der Waals surface area contributed by atoms with Crippen molar-refractivity contribution in [2.45, 2.75) is 43.7 Å². The summed E-state index contributed by atoms with van der Waals surface area (Å²) in [5, 5.41) is 0. The molecule has 0 amide bonds. The summed E-state index contributed by atoms with van der Waals surface area (Å²) < 4.78 is 20.5. The molecule has 4 heteroatoms. The zero-order chi connectivity index (χ0) is 13.5. The van der Waals surface area contributed by atoms with Crippen LogP contribution in [-0.4, -0.2) is 12.2 Å². The Morgan fingerprint density at radius 1 is 1.42 bits per heavy atom. The van der Waals surface area contributed by atoms with Crippen molar-refractivity contribution in [3.8, 4) is 0 Å². The third-order valence-electron chi connectivity index (χ3n) is 4.64. The molecule has 2 fully saturated rings. The monoisotopic (exact) mass is 327 g/mol. The number of rotatable bonds is 2. The second-order valence-corrected chi connectivity index (χ2v) is 6.66. The number of hydrogen-bond acceptors (Lipinski definition) is 2. The minimum atomic E-state index is -0.237. The van der Waals surface area contributed by atoms with Gasteiger partial charge in [-0.2, -0.15) is 0 Å². The summed E-state index contributed by atoms with van der Waals surface area (Å²) in [6, 6.07) is 5.12. The number of nitrogens with two attached hydrogens (primary N) is 1. The lowest BCUT2D eigenvalue weighted by atomic mass is 9.70. The van der Waals surface area contributed by atoms with Gasteiger partial charge in [0.15, 0.2) is 0 Å². The fourth-order valence-electron chi connectivity index (χ4n) is 3.32. The van der Waals surface area contributed by atoms with E-state index in [0.29, 0.717) is 16.0 Å². The molecule has 1 aromatic carbocycles. The minimum Gasteiger partial charge on any atom is -0.375 e. The molecule has 104 valence electrons. The average Bonchev–Trinajstić information content (AvgIpc) is 2.39. The van der Waals surface area contributed by atoms with Gasteiger partial charge in [-0.1, -0.05) is 12.1 Å². The number of ether oxygens (including phenoxy) is 1. The van der Waals surface area contributed by atoms with Crippen LogP contribution < -0.4 is 5.73 Å². The van der Waals surface area contributed by atoms with Crippen molar-refractivity contribution >= 4 is 15.9 Å². The zero-order valence-electron chi connectivity index (χ0n) is 10.9. The fourth-order valence-corrected chi connectivity index (χ4v) is 3.71. The summed E-state index contributed by atoms with van der Waals surface area (Å²) >= 11 is 3.23. The summed E-state index contributed by atoms with van der Waals surface area (Å²) in [4.78, 5) is 0. The largest absolute Gasteiger partial charge is 0.375 e. The molecule has 2 nitrogen and oxygen atoms in total. The zero-order valence-corrected chi connectivity index (χ0v) is 12.5. The molecule has 2 unspecified atom stereocenters. The van der Waals surface area contributed by atoms with Crippen LogP contribution in [0.1, 0.15) is 43.7 Å². The summed E-state index contributed by atoms with van der Waals surface area (Å²) in [5.41, 5.74) is 7.00. The Kier molecular flexibility index (Phi) is 3.67. The Morgan fingerprint density at radius 2 is 2.21 bits per heavy atom. The van der Waals surface area contributed by atoms with E-state index in [9.17, 15) is 4.39 Å². The van der Waals surface area contributed by atoms with E-state index in [1.165, 1.54) is 6.42 Å². The van der Waals surface area contributed by atoms with Gasteiger partial charge in [0.1, 0.15) is 5.82 Å². The van der Waals surface area contributed by atoms with E-state index >= 15 is 0 Å². The van der Waals surface area contributed by atoms with Crippen LogP contribution in [0, 0.1) is 11.7 Å². The third-order valence-corrected chi connectivity index (χ3v) is 5.26. The fraction of sp³-hybridized carbons (Fsp3) is 0.600. The molecule has 2 aliphatic rings. The molecule has 1 aliphatic heterocycles. The molecule has 1 saturated carbocycles. The Morgan fingerprint density at radius 3 is 2.89 bits per heavy atom. The van der Waals surface area contributed by atoms with Crippen LogP contribution in [-0.2, 0) is 4.74 Å². The van der Waals surface area contributed by atoms with Gasteiger partial charge in [-0.3, -0.25) is 0 Å². The smallest absolute Gasteiger partial charge is 0.142 e. The van der Waals surface area contributed by atoms with Crippen molar-refractivity contribution in [3.63, 3.8) is 0 Å². The van der Waals surface area contributed by atoms with Crippen LogP contribution in [0.3, 0.4) is 0 Å². The molecule has 1 aromatic rings. The molecule has 1 spiro atoms. The molecule has 2 atom stereocenters. The van der Waals surface area contributed by atoms with Gasteiger partial charge in [0, 0.05) is 18.2 Å². The summed E-state index contributed by atoms with van der Waals surface area (Å²) in [6.45, 7) is 0.758. The molecule has 2 N–H and O–H groups in total. The van der Waals surface area contributed by atoms with Crippen LogP contribution >= 0.6 is 15.9 Å². The molecule has 1 saturated heterocycles. The van der Waals surface area contributed by atoms with Gasteiger partial charge in [0.25, 0.3) is 0 Å².